The van der Waals surface area contributed by atoms with Gasteiger partial charge in [0.1, 0.15) is 0 Å². The van der Waals surface area contributed by atoms with Gasteiger partial charge in [0, 0.05) is 18.3 Å². The first-order valence-corrected chi connectivity index (χ1v) is 6.79. The quantitative estimate of drug-likeness (QED) is 0.800. The van der Waals surface area contributed by atoms with Crippen LogP contribution in [0, 0.1) is 0 Å². The molecule has 0 aliphatic heterocycles. The zero-order chi connectivity index (χ0) is 11.8. The number of aryl methyl sites for hydroxylation is 1. The molecule has 0 unspecified atom stereocenters. The molecule has 0 saturated carbocycles. The third-order valence-electron chi connectivity index (χ3n) is 2.49. The molecule has 0 aromatic heterocycles. The van der Waals surface area contributed by atoms with E-state index in [1.165, 1.54) is 11.1 Å². The largest absolute Gasteiger partial charge is 0.356 e. The van der Waals surface area contributed by atoms with Crippen molar-refractivity contribution in [3.63, 3.8) is 0 Å². The molecule has 0 atom stereocenters. The van der Waals surface area contributed by atoms with Crippen LogP contribution in [0.3, 0.4) is 0 Å². The highest BCUT2D eigenvalue weighted by Gasteiger charge is 1.99. The smallest absolute Gasteiger partial charge is 0.220 e. The summed E-state index contributed by atoms with van der Waals surface area (Å²) >= 11 is 3.24. The number of amides is 1. The van der Waals surface area contributed by atoms with Gasteiger partial charge in [0.2, 0.25) is 5.91 Å². The maximum Gasteiger partial charge on any atom is 0.220 e. The summed E-state index contributed by atoms with van der Waals surface area (Å²) in [6.45, 7) is 2.87. The van der Waals surface area contributed by atoms with Gasteiger partial charge >= 0.3 is 0 Å². The van der Waals surface area contributed by atoms with E-state index in [1.54, 1.807) is 0 Å². The molecule has 2 nitrogen and oxygen atoms in total. The molecule has 0 radical (unpaired) electrons. The second-order valence-corrected chi connectivity index (χ2v) is 4.50. The lowest BCUT2D eigenvalue weighted by atomic mass is 10.1. The molecule has 88 valence electrons. The van der Waals surface area contributed by atoms with E-state index in [2.05, 4.69) is 52.4 Å². The van der Waals surface area contributed by atoms with Gasteiger partial charge in [-0.1, -0.05) is 47.1 Å². The Morgan fingerprint density at radius 3 is 2.44 bits per heavy atom. The molecule has 0 spiro atoms. The molecule has 1 aromatic rings. The predicted molar refractivity (Wildman–Crippen MR) is 70.9 cm³/mol. The van der Waals surface area contributed by atoms with Crippen molar-refractivity contribution in [2.75, 3.05) is 11.9 Å². The number of hydrogen-bond acceptors (Lipinski definition) is 1. The second-order valence-electron chi connectivity index (χ2n) is 3.71. The number of carbonyl (C=O) groups excluding carboxylic acids is 1. The Morgan fingerprint density at radius 1 is 1.25 bits per heavy atom. The Hall–Kier alpha value is -0.830. The minimum absolute atomic E-state index is 0.113. The fourth-order valence-corrected chi connectivity index (χ4v) is 1.82. The molecular weight excluding hydrogens is 266 g/mol. The Labute approximate surface area is 106 Å². The number of rotatable bonds is 6. The van der Waals surface area contributed by atoms with Gasteiger partial charge in [0.05, 0.1) is 0 Å². The monoisotopic (exact) mass is 283 g/mol. The molecule has 1 N–H and O–H groups in total. The predicted octanol–water partition coefficient (Wildman–Crippen LogP) is 2.69. The molecule has 0 aliphatic rings. The third-order valence-corrected chi connectivity index (χ3v) is 2.89. The topological polar surface area (TPSA) is 29.1 Å². The molecular formula is C13H18BrNO. The van der Waals surface area contributed by atoms with Crippen molar-refractivity contribution in [3.05, 3.63) is 35.4 Å². The van der Waals surface area contributed by atoms with Crippen LogP contribution in [0.5, 0.6) is 0 Å². The van der Waals surface area contributed by atoms with Gasteiger partial charge in [-0.05, 0) is 24.0 Å². The SMILES string of the molecule is CCc1ccc(CCNC(=O)CCBr)cc1. The molecule has 1 aromatic carbocycles. The van der Waals surface area contributed by atoms with Crippen molar-refractivity contribution in [2.45, 2.75) is 26.2 Å². The number of nitrogens with one attached hydrogen (secondary N) is 1. The summed E-state index contributed by atoms with van der Waals surface area (Å²) in [7, 11) is 0. The number of benzene rings is 1. The van der Waals surface area contributed by atoms with Crippen LogP contribution in [-0.4, -0.2) is 17.8 Å². The minimum atomic E-state index is 0.113. The first kappa shape index (κ1) is 13.2. The Bertz CT molecular complexity index is 321. The fraction of sp³-hybridized carbons (Fsp3) is 0.462. The maximum absolute atomic E-state index is 11.2. The molecule has 0 bridgehead atoms. The first-order valence-electron chi connectivity index (χ1n) is 5.66. The van der Waals surface area contributed by atoms with Gasteiger partial charge in [-0.3, -0.25) is 4.79 Å². The van der Waals surface area contributed by atoms with E-state index in [9.17, 15) is 4.79 Å². The summed E-state index contributed by atoms with van der Waals surface area (Å²) in [5.74, 6) is 0.113. The molecule has 0 aliphatic carbocycles. The summed E-state index contributed by atoms with van der Waals surface area (Å²) in [4.78, 5) is 11.2. The Balaban J connectivity index is 2.29. The van der Waals surface area contributed by atoms with E-state index < -0.39 is 0 Å². The Kier molecular flexibility index (Phi) is 6.16. The average molecular weight is 284 g/mol. The van der Waals surface area contributed by atoms with Crippen molar-refractivity contribution in [1.29, 1.82) is 0 Å². The normalized spacial score (nSPS) is 10.1. The van der Waals surface area contributed by atoms with E-state index in [0.29, 0.717) is 6.42 Å². The second kappa shape index (κ2) is 7.44. The van der Waals surface area contributed by atoms with Crippen molar-refractivity contribution in [1.82, 2.24) is 5.32 Å². The van der Waals surface area contributed by atoms with E-state index in [4.69, 9.17) is 0 Å². The lowest BCUT2D eigenvalue weighted by Crippen LogP contribution is -2.25. The standard InChI is InChI=1S/C13H18BrNO/c1-2-11-3-5-12(6-4-11)8-10-15-13(16)7-9-14/h3-6H,2,7-10H2,1H3,(H,15,16). The highest BCUT2D eigenvalue weighted by Crippen LogP contribution is 2.05. The number of halogens is 1. The zero-order valence-corrected chi connectivity index (χ0v) is 11.2. The van der Waals surface area contributed by atoms with Crippen LogP contribution in [0.4, 0.5) is 0 Å². The molecule has 3 heteroatoms. The summed E-state index contributed by atoms with van der Waals surface area (Å²) < 4.78 is 0. The minimum Gasteiger partial charge on any atom is -0.356 e. The lowest BCUT2D eigenvalue weighted by Gasteiger charge is -2.05. The van der Waals surface area contributed by atoms with Crippen LogP contribution in [0.2, 0.25) is 0 Å². The van der Waals surface area contributed by atoms with Gasteiger partial charge in [0.25, 0.3) is 0 Å². The summed E-state index contributed by atoms with van der Waals surface area (Å²) in [5.41, 5.74) is 2.63. The number of hydrogen-bond donors (Lipinski definition) is 1. The lowest BCUT2D eigenvalue weighted by molar-refractivity contribution is -0.120. The van der Waals surface area contributed by atoms with Gasteiger partial charge < -0.3 is 5.32 Å². The highest BCUT2D eigenvalue weighted by atomic mass is 79.9. The van der Waals surface area contributed by atoms with E-state index in [1.807, 2.05) is 0 Å². The summed E-state index contributed by atoms with van der Waals surface area (Å²) in [6, 6.07) is 8.57. The van der Waals surface area contributed by atoms with E-state index in [0.717, 1.165) is 24.7 Å². The highest BCUT2D eigenvalue weighted by molar-refractivity contribution is 9.09. The van der Waals surface area contributed by atoms with Gasteiger partial charge in [-0.15, -0.1) is 0 Å². The van der Waals surface area contributed by atoms with Crippen molar-refractivity contribution >= 4 is 21.8 Å². The molecule has 0 saturated heterocycles. The zero-order valence-electron chi connectivity index (χ0n) is 9.63. The van der Waals surface area contributed by atoms with Crippen LogP contribution in [0.15, 0.2) is 24.3 Å². The van der Waals surface area contributed by atoms with Crippen LogP contribution in [-0.2, 0) is 17.6 Å². The van der Waals surface area contributed by atoms with Crippen LogP contribution >= 0.6 is 15.9 Å². The number of carbonyl (C=O) groups is 1. The first-order chi connectivity index (χ1) is 7.76. The van der Waals surface area contributed by atoms with Crippen molar-refractivity contribution in [3.8, 4) is 0 Å². The van der Waals surface area contributed by atoms with Crippen LogP contribution in [0.25, 0.3) is 0 Å². The Morgan fingerprint density at radius 2 is 1.88 bits per heavy atom. The molecule has 1 rings (SSSR count). The molecule has 16 heavy (non-hydrogen) atoms. The van der Waals surface area contributed by atoms with Gasteiger partial charge in [0.15, 0.2) is 0 Å². The molecule has 0 fully saturated rings. The van der Waals surface area contributed by atoms with Gasteiger partial charge in [-0.25, -0.2) is 0 Å². The molecule has 0 heterocycles. The van der Waals surface area contributed by atoms with Crippen LogP contribution < -0.4 is 5.32 Å². The van der Waals surface area contributed by atoms with Gasteiger partial charge in [-0.2, -0.15) is 0 Å². The van der Waals surface area contributed by atoms with Crippen molar-refractivity contribution < 1.29 is 4.79 Å². The van der Waals surface area contributed by atoms with Crippen molar-refractivity contribution in [2.24, 2.45) is 0 Å². The fourth-order valence-electron chi connectivity index (χ4n) is 1.46. The third kappa shape index (κ3) is 4.79. The van der Waals surface area contributed by atoms with E-state index >= 15 is 0 Å². The maximum atomic E-state index is 11.2. The summed E-state index contributed by atoms with van der Waals surface area (Å²) in [5, 5.41) is 3.62. The molecule has 1 amide bonds. The van der Waals surface area contributed by atoms with E-state index in [-0.39, 0.29) is 5.91 Å². The number of alkyl halides is 1. The van der Waals surface area contributed by atoms with Crippen LogP contribution in [0.1, 0.15) is 24.5 Å². The average Bonchev–Trinajstić information content (AvgIpc) is 2.30. The summed E-state index contributed by atoms with van der Waals surface area (Å²) in [6.07, 6.45) is 2.52.